The van der Waals surface area contributed by atoms with E-state index in [9.17, 15) is 4.39 Å². The lowest BCUT2D eigenvalue weighted by Crippen LogP contribution is -1.99. The molecule has 0 bridgehead atoms. The molecule has 1 aromatic heterocycles. The predicted octanol–water partition coefficient (Wildman–Crippen LogP) is 5.56. The Morgan fingerprint density at radius 2 is 1.83 bits per heavy atom. The summed E-state index contributed by atoms with van der Waals surface area (Å²) >= 11 is 12.1. The van der Waals surface area contributed by atoms with Crippen LogP contribution in [0.3, 0.4) is 0 Å². The zero-order chi connectivity index (χ0) is 16.4. The standard InChI is InChI=1S/C18H17Cl2FN2/c19-15-6-4-11(9-16(15)20)18-13(3-1-2-8-22)14-10-12(21)5-7-17(14)23-18/h4-7,9-10,23H,1-3,8,22H2. The van der Waals surface area contributed by atoms with E-state index in [4.69, 9.17) is 28.9 Å². The first-order valence-electron chi connectivity index (χ1n) is 7.55. The number of H-pyrrole nitrogens is 1. The summed E-state index contributed by atoms with van der Waals surface area (Å²) in [5.41, 5.74) is 9.49. The summed E-state index contributed by atoms with van der Waals surface area (Å²) in [5, 5.41) is 1.92. The monoisotopic (exact) mass is 350 g/mol. The fourth-order valence-electron chi connectivity index (χ4n) is 2.82. The molecule has 0 amide bonds. The van der Waals surface area contributed by atoms with E-state index in [1.807, 2.05) is 12.1 Å². The number of halogens is 3. The van der Waals surface area contributed by atoms with Crippen LogP contribution in [0.1, 0.15) is 18.4 Å². The number of unbranched alkanes of at least 4 members (excludes halogenated alkanes) is 1. The predicted molar refractivity (Wildman–Crippen MR) is 95.7 cm³/mol. The first-order valence-corrected chi connectivity index (χ1v) is 8.31. The number of aromatic nitrogens is 1. The third kappa shape index (κ3) is 3.37. The summed E-state index contributed by atoms with van der Waals surface area (Å²) in [4.78, 5) is 3.38. The van der Waals surface area contributed by atoms with Gasteiger partial charge in [0, 0.05) is 16.6 Å². The van der Waals surface area contributed by atoms with Crippen LogP contribution in [-0.4, -0.2) is 11.5 Å². The molecular weight excluding hydrogens is 334 g/mol. The van der Waals surface area contributed by atoms with Crippen LogP contribution < -0.4 is 5.73 Å². The minimum atomic E-state index is -0.239. The molecule has 5 heteroatoms. The van der Waals surface area contributed by atoms with Crippen molar-refractivity contribution < 1.29 is 4.39 Å². The number of nitrogens with one attached hydrogen (secondary N) is 1. The average molecular weight is 351 g/mol. The van der Waals surface area contributed by atoms with E-state index >= 15 is 0 Å². The second kappa shape index (κ2) is 6.91. The van der Waals surface area contributed by atoms with Crippen LogP contribution in [0.5, 0.6) is 0 Å². The number of hydrogen-bond donors (Lipinski definition) is 2. The molecule has 3 aromatic rings. The second-order valence-corrected chi connectivity index (χ2v) is 6.36. The zero-order valence-corrected chi connectivity index (χ0v) is 14.0. The molecule has 0 atom stereocenters. The first kappa shape index (κ1) is 16.3. The molecule has 2 nitrogen and oxygen atoms in total. The van der Waals surface area contributed by atoms with Crippen molar-refractivity contribution in [3.05, 3.63) is 57.8 Å². The Bertz CT molecular complexity index is 842. The number of benzene rings is 2. The Balaban J connectivity index is 2.13. The SMILES string of the molecule is NCCCCc1c(-c2ccc(Cl)c(Cl)c2)[nH]c2ccc(F)cc12. The number of hydrogen-bond acceptors (Lipinski definition) is 1. The molecule has 0 aliphatic carbocycles. The molecule has 0 unspecified atom stereocenters. The van der Waals surface area contributed by atoms with E-state index < -0.39 is 0 Å². The lowest BCUT2D eigenvalue weighted by molar-refractivity contribution is 0.629. The Labute approximate surface area is 144 Å². The molecule has 1 heterocycles. The first-order chi connectivity index (χ1) is 11.1. The minimum absolute atomic E-state index is 0.239. The molecular formula is C18H17Cl2FN2. The zero-order valence-electron chi connectivity index (χ0n) is 12.5. The quantitative estimate of drug-likeness (QED) is 0.581. The maximum absolute atomic E-state index is 13.7. The molecule has 0 fully saturated rings. The van der Waals surface area contributed by atoms with Gasteiger partial charge in [0.15, 0.2) is 0 Å². The maximum Gasteiger partial charge on any atom is 0.123 e. The van der Waals surface area contributed by atoms with E-state index in [1.54, 1.807) is 18.2 Å². The van der Waals surface area contributed by atoms with Gasteiger partial charge in [0.1, 0.15) is 5.82 Å². The van der Waals surface area contributed by atoms with Crippen molar-refractivity contribution in [2.75, 3.05) is 6.54 Å². The molecule has 23 heavy (non-hydrogen) atoms. The number of nitrogens with two attached hydrogens (primary N) is 1. The van der Waals surface area contributed by atoms with Crippen LogP contribution in [0.25, 0.3) is 22.2 Å². The maximum atomic E-state index is 13.7. The van der Waals surface area contributed by atoms with Crippen molar-refractivity contribution in [3.8, 4) is 11.3 Å². The van der Waals surface area contributed by atoms with Crippen LogP contribution >= 0.6 is 23.2 Å². The lowest BCUT2D eigenvalue weighted by atomic mass is 10.0. The van der Waals surface area contributed by atoms with Crippen molar-refractivity contribution in [1.82, 2.24) is 4.98 Å². The number of rotatable bonds is 5. The molecule has 120 valence electrons. The van der Waals surface area contributed by atoms with Gasteiger partial charge in [-0.1, -0.05) is 29.3 Å². The summed E-state index contributed by atoms with van der Waals surface area (Å²) in [7, 11) is 0. The summed E-state index contributed by atoms with van der Waals surface area (Å²) in [6.45, 7) is 0.652. The van der Waals surface area contributed by atoms with Gasteiger partial charge in [0.2, 0.25) is 0 Å². The van der Waals surface area contributed by atoms with Gasteiger partial charge in [-0.15, -0.1) is 0 Å². The van der Waals surface area contributed by atoms with Crippen LogP contribution in [-0.2, 0) is 6.42 Å². The Hall–Kier alpha value is -1.55. The topological polar surface area (TPSA) is 41.8 Å². The van der Waals surface area contributed by atoms with Gasteiger partial charge >= 0.3 is 0 Å². The van der Waals surface area contributed by atoms with E-state index in [1.165, 1.54) is 6.07 Å². The average Bonchev–Trinajstić information content (AvgIpc) is 2.88. The van der Waals surface area contributed by atoms with E-state index in [-0.39, 0.29) is 5.82 Å². The van der Waals surface area contributed by atoms with Crippen molar-refractivity contribution in [1.29, 1.82) is 0 Å². The van der Waals surface area contributed by atoms with Crippen molar-refractivity contribution in [2.24, 2.45) is 5.73 Å². The second-order valence-electron chi connectivity index (χ2n) is 5.54. The Kier molecular flexibility index (Phi) is 4.90. The Morgan fingerprint density at radius 3 is 2.57 bits per heavy atom. The largest absolute Gasteiger partial charge is 0.354 e. The van der Waals surface area contributed by atoms with Crippen LogP contribution in [0.15, 0.2) is 36.4 Å². The molecule has 0 radical (unpaired) electrons. The van der Waals surface area contributed by atoms with Crippen LogP contribution in [0, 0.1) is 5.82 Å². The van der Waals surface area contributed by atoms with Crippen molar-refractivity contribution in [3.63, 3.8) is 0 Å². The summed E-state index contributed by atoms with van der Waals surface area (Å²) in [6, 6.07) is 10.3. The summed E-state index contributed by atoms with van der Waals surface area (Å²) < 4.78 is 13.7. The fourth-order valence-corrected chi connectivity index (χ4v) is 3.12. The van der Waals surface area contributed by atoms with Gasteiger partial charge in [0.05, 0.1) is 10.0 Å². The third-order valence-electron chi connectivity index (χ3n) is 3.96. The lowest BCUT2D eigenvalue weighted by Gasteiger charge is -2.06. The molecule has 0 saturated heterocycles. The fraction of sp³-hybridized carbons (Fsp3) is 0.222. The molecule has 0 aliphatic rings. The number of fused-ring (bicyclic) bond motifs is 1. The third-order valence-corrected chi connectivity index (χ3v) is 4.70. The van der Waals surface area contributed by atoms with Gasteiger partial charge in [0.25, 0.3) is 0 Å². The summed E-state index contributed by atoms with van der Waals surface area (Å²) in [5.74, 6) is -0.239. The van der Waals surface area contributed by atoms with Gasteiger partial charge in [-0.3, -0.25) is 0 Å². The number of aromatic amines is 1. The van der Waals surface area contributed by atoms with Gasteiger partial charge in [-0.25, -0.2) is 4.39 Å². The van der Waals surface area contributed by atoms with Gasteiger partial charge < -0.3 is 10.7 Å². The Morgan fingerprint density at radius 1 is 1.00 bits per heavy atom. The van der Waals surface area contributed by atoms with Gasteiger partial charge in [-0.05, 0) is 67.3 Å². The smallest absolute Gasteiger partial charge is 0.123 e. The van der Waals surface area contributed by atoms with Crippen LogP contribution in [0.2, 0.25) is 10.0 Å². The number of aryl methyl sites for hydroxylation is 1. The highest BCUT2D eigenvalue weighted by Gasteiger charge is 2.14. The highest BCUT2D eigenvalue weighted by molar-refractivity contribution is 6.42. The minimum Gasteiger partial charge on any atom is -0.354 e. The highest BCUT2D eigenvalue weighted by Crippen LogP contribution is 2.34. The molecule has 2 aromatic carbocycles. The van der Waals surface area contributed by atoms with Crippen molar-refractivity contribution in [2.45, 2.75) is 19.3 Å². The van der Waals surface area contributed by atoms with Gasteiger partial charge in [-0.2, -0.15) is 0 Å². The van der Waals surface area contributed by atoms with E-state index in [2.05, 4.69) is 4.98 Å². The van der Waals surface area contributed by atoms with Crippen LogP contribution in [0.4, 0.5) is 4.39 Å². The van der Waals surface area contributed by atoms with E-state index in [0.717, 1.165) is 47.0 Å². The molecule has 0 spiro atoms. The molecule has 0 saturated carbocycles. The molecule has 3 rings (SSSR count). The molecule has 0 aliphatic heterocycles. The summed E-state index contributed by atoms with van der Waals surface area (Å²) in [6.07, 6.45) is 2.72. The van der Waals surface area contributed by atoms with E-state index in [0.29, 0.717) is 16.6 Å². The highest BCUT2D eigenvalue weighted by atomic mass is 35.5. The molecule has 3 N–H and O–H groups in total. The van der Waals surface area contributed by atoms with Crippen molar-refractivity contribution >= 4 is 34.1 Å². The normalized spacial score (nSPS) is 11.3.